The summed E-state index contributed by atoms with van der Waals surface area (Å²) in [6, 6.07) is 0. The highest BCUT2D eigenvalue weighted by Crippen LogP contribution is 2.47. The van der Waals surface area contributed by atoms with E-state index in [1.165, 1.54) is 4.68 Å². The number of carboxylic acid groups (broad SMARTS) is 1. The highest BCUT2D eigenvalue weighted by atomic mass is 16.4. The monoisotopic (exact) mass is 260 g/mol. The first kappa shape index (κ1) is 11.7. The first-order chi connectivity index (χ1) is 9.11. The quantitative estimate of drug-likeness (QED) is 0.842. The fourth-order valence-electron chi connectivity index (χ4n) is 1.88. The van der Waals surface area contributed by atoms with E-state index in [0.717, 1.165) is 5.69 Å². The van der Waals surface area contributed by atoms with Gasteiger partial charge in [-0.25, -0.2) is 9.67 Å². The van der Waals surface area contributed by atoms with Crippen LogP contribution in [0.25, 0.3) is 11.5 Å². The number of tetrazole rings is 1. The fraction of sp³-hybridized carbons (Fsp3) is 0.455. The molecule has 1 N–H and O–H groups in total. The summed E-state index contributed by atoms with van der Waals surface area (Å²) in [6.45, 7) is 2.10. The molecular formula is C11H12N6O2. The molecule has 1 saturated carbocycles. The Morgan fingerprint density at radius 3 is 2.79 bits per heavy atom. The minimum Gasteiger partial charge on any atom is -0.481 e. The Morgan fingerprint density at radius 1 is 1.42 bits per heavy atom. The summed E-state index contributed by atoms with van der Waals surface area (Å²) in [4.78, 5) is 19.5. The predicted molar refractivity (Wildman–Crippen MR) is 62.9 cm³/mol. The molecule has 1 aliphatic rings. The molecule has 1 fully saturated rings. The number of carboxylic acids is 1. The highest BCUT2D eigenvalue weighted by molar-refractivity contribution is 5.77. The lowest BCUT2D eigenvalue weighted by Crippen LogP contribution is -2.22. The highest BCUT2D eigenvalue weighted by Gasteiger charge is 2.51. The van der Waals surface area contributed by atoms with Gasteiger partial charge in [0.2, 0.25) is 5.82 Å². The summed E-state index contributed by atoms with van der Waals surface area (Å²) in [5, 5.41) is 20.5. The molecule has 0 bridgehead atoms. The zero-order chi connectivity index (χ0) is 13.5. The van der Waals surface area contributed by atoms with Gasteiger partial charge in [0, 0.05) is 6.20 Å². The molecule has 8 heteroatoms. The van der Waals surface area contributed by atoms with E-state index in [1.807, 2.05) is 6.92 Å². The average molecular weight is 260 g/mol. The van der Waals surface area contributed by atoms with Gasteiger partial charge in [-0.05, 0) is 30.2 Å². The number of aliphatic carboxylic acids is 1. The standard InChI is InChI=1S/C11H12N6O2/c1-7-4-13-8(5-12-7)9-14-15-16-17(9)6-11(2-3-11)10(18)19/h4-5H,2-3,6H2,1H3,(H,18,19). The molecule has 0 atom stereocenters. The maximum Gasteiger partial charge on any atom is 0.311 e. The molecule has 8 nitrogen and oxygen atoms in total. The van der Waals surface area contributed by atoms with E-state index >= 15 is 0 Å². The second kappa shape index (κ2) is 4.08. The van der Waals surface area contributed by atoms with Crippen LogP contribution < -0.4 is 0 Å². The number of nitrogens with zero attached hydrogens (tertiary/aromatic N) is 6. The van der Waals surface area contributed by atoms with E-state index in [-0.39, 0.29) is 6.54 Å². The molecule has 98 valence electrons. The van der Waals surface area contributed by atoms with Gasteiger partial charge in [0.25, 0.3) is 0 Å². The molecule has 0 radical (unpaired) electrons. The van der Waals surface area contributed by atoms with E-state index in [0.29, 0.717) is 24.4 Å². The summed E-state index contributed by atoms with van der Waals surface area (Å²) >= 11 is 0. The van der Waals surface area contributed by atoms with Gasteiger partial charge < -0.3 is 5.11 Å². The second-order valence-corrected chi connectivity index (χ2v) is 4.79. The third kappa shape index (κ3) is 2.05. The van der Waals surface area contributed by atoms with Crippen molar-refractivity contribution in [2.45, 2.75) is 26.3 Å². The van der Waals surface area contributed by atoms with Gasteiger partial charge in [0.15, 0.2) is 0 Å². The number of hydrogen-bond acceptors (Lipinski definition) is 6. The number of aromatic nitrogens is 6. The predicted octanol–water partition coefficient (Wildman–Crippen LogP) is 0.303. The molecule has 1 aliphatic carbocycles. The Labute approximate surface area is 108 Å². The third-order valence-electron chi connectivity index (χ3n) is 3.30. The van der Waals surface area contributed by atoms with Gasteiger partial charge in [-0.3, -0.25) is 9.78 Å². The van der Waals surface area contributed by atoms with Crippen LogP contribution in [0.15, 0.2) is 12.4 Å². The molecule has 2 heterocycles. The lowest BCUT2D eigenvalue weighted by atomic mass is 10.1. The van der Waals surface area contributed by atoms with Crippen molar-refractivity contribution in [3.8, 4) is 11.5 Å². The second-order valence-electron chi connectivity index (χ2n) is 4.79. The van der Waals surface area contributed by atoms with Gasteiger partial charge in [-0.15, -0.1) is 5.10 Å². The van der Waals surface area contributed by atoms with Gasteiger partial charge in [0.05, 0.1) is 23.9 Å². The largest absolute Gasteiger partial charge is 0.481 e. The molecule has 0 amide bonds. The third-order valence-corrected chi connectivity index (χ3v) is 3.30. The van der Waals surface area contributed by atoms with E-state index in [1.54, 1.807) is 12.4 Å². The molecule has 19 heavy (non-hydrogen) atoms. The molecular weight excluding hydrogens is 248 g/mol. The van der Waals surface area contributed by atoms with Crippen molar-refractivity contribution in [3.05, 3.63) is 18.1 Å². The number of carbonyl (C=O) groups is 1. The number of aryl methyl sites for hydroxylation is 1. The zero-order valence-electron chi connectivity index (χ0n) is 10.3. The number of hydrogen-bond donors (Lipinski definition) is 1. The zero-order valence-corrected chi connectivity index (χ0v) is 10.3. The van der Waals surface area contributed by atoms with E-state index in [4.69, 9.17) is 0 Å². The number of rotatable bonds is 4. The van der Waals surface area contributed by atoms with Crippen LogP contribution in [-0.2, 0) is 11.3 Å². The van der Waals surface area contributed by atoms with Crippen LogP contribution in [0.5, 0.6) is 0 Å². The Kier molecular flexibility index (Phi) is 2.51. The van der Waals surface area contributed by atoms with Crippen LogP contribution >= 0.6 is 0 Å². The van der Waals surface area contributed by atoms with Crippen LogP contribution in [0.1, 0.15) is 18.5 Å². The molecule has 0 spiro atoms. The van der Waals surface area contributed by atoms with Crippen molar-refractivity contribution in [1.82, 2.24) is 30.2 Å². The molecule has 3 rings (SSSR count). The summed E-state index contributed by atoms with van der Waals surface area (Å²) in [6.07, 6.45) is 4.51. The van der Waals surface area contributed by atoms with Gasteiger partial charge in [-0.1, -0.05) is 0 Å². The molecule has 0 saturated heterocycles. The minimum atomic E-state index is -0.802. The summed E-state index contributed by atoms with van der Waals surface area (Å²) < 4.78 is 1.49. The molecule has 0 aliphatic heterocycles. The van der Waals surface area contributed by atoms with Crippen molar-refractivity contribution in [2.75, 3.05) is 0 Å². The molecule has 2 aromatic rings. The van der Waals surface area contributed by atoms with Crippen molar-refractivity contribution < 1.29 is 9.90 Å². The van der Waals surface area contributed by atoms with E-state index < -0.39 is 11.4 Å². The van der Waals surface area contributed by atoms with Crippen LogP contribution in [0.4, 0.5) is 0 Å². The maximum absolute atomic E-state index is 11.2. The van der Waals surface area contributed by atoms with E-state index in [9.17, 15) is 9.90 Å². The summed E-state index contributed by atoms with van der Waals surface area (Å²) in [5.74, 6) is -0.357. The topological polar surface area (TPSA) is 107 Å². The van der Waals surface area contributed by atoms with Crippen LogP contribution in [-0.4, -0.2) is 41.3 Å². The molecule has 0 aromatic carbocycles. The Hall–Kier alpha value is -2.38. The molecule has 0 unspecified atom stereocenters. The summed E-state index contributed by atoms with van der Waals surface area (Å²) in [5.41, 5.74) is 0.617. The first-order valence-electron chi connectivity index (χ1n) is 5.89. The van der Waals surface area contributed by atoms with Crippen molar-refractivity contribution >= 4 is 5.97 Å². The normalized spacial score (nSPS) is 16.3. The molecule has 2 aromatic heterocycles. The average Bonchev–Trinajstić information content (AvgIpc) is 3.03. The lowest BCUT2D eigenvalue weighted by molar-refractivity contribution is -0.144. The van der Waals surface area contributed by atoms with Crippen LogP contribution in [0.3, 0.4) is 0 Å². The van der Waals surface area contributed by atoms with Crippen molar-refractivity contribution in [2.24, 2.45) is 5.41 Å². The van der Waals surface area contributed by atoms with Crippen molar-refractivity contribution in [1.29, 1.82) is 0 Å². The van der Waals surface area contributed by atoms with Gasteiger partial charge >= 0.3 is 5.97 Å². The Morgan fingerprint density at radius 2 is 2.21 bits per heavy atom. The SMILES string of the molecule is Cc1cnc(-c2nnnn2CC2(C(=O)O)CC2)cn1. The first-order valence-corrected chi connectivity index (χ1v) is 5.89. The van der Waals surface area contributed by atoms with Gasteiger partial charge in [0.1, 0.15) is 5.69 Å². The van der Waals surface area contributed by atoms with Crippen LogP contribution in [0.2, 0.25) is 0 Å². The van der Waals surface area contributed by atoms with Crippen molar-refractivity contribution in [3.63, 3.8) is 0 Å². The summed E-state index contributed by atoms with van der Waals surface area (Å²) in [7, 11) is 0. The fourth-order valence-corrected chi connectivity index (χ4v) is 1.88. The van der Waals surface area contributed by atoms with Crippen LogP contribution in [0, 0.1) is 12.3 Å². The smallest absolute Gasteiger partial charge is 0.311 e. The van der Waals surface area contributed by atoms with Gasteiger partial charge in [-0.2, -0.15) is 0 Å². The minimum absolute atomic E-state index is 0.264. The lowest BCUT2D eigenvalue weighted by Gasteiger charge is -2.10. The maximum atomic E-state index is 11.2. The Bertz CT molecular complexity index is 616. The Balaban J connectivity index is 1.91. The van der Waals surface area contributed by atoms with E-state index in [2.05, 4.69) is 25.5 Å².